The molecule has 0 spiro atoms. The number of nitrogens with one attached hydrogen (secondary N) is 1. The maximum absolute atomic E-state index is 12.0. The minimum absolute atomic E-state index is 0. The molecule has 2 aromatic rings. The van der Waals surface area contributed by atoms with Crippen LogP contribution >= 0.6 is 24.8 Å². The maximum atomic E-state index is 12.0. The Hall–Kier alpha value is -1.95. The Morgan fingerprint density at radius 3 is 2.15 bits per heavy atom. The van der Waals surface area contributed by atoms with Crippen molar-refractivity contribution in [1.29, 1.82) is 0 Å². The second kappa shape index (κ2) is 12.4. The van der Waals surface area contributed by atoms with Crippen LogP contribution in [0.15, 0.2) is 48.5 Å². The molecule has 26 heavy (non-hydrogen) atoms. The van der Waals surface area contributed by atoms with E-state index in [-0.39, 0.29) is 30.7 Å². The van der Waals surface area contributed by atoms with Crippen molar-refractivity contribution in [3.05, 3.63) is 59.7 Å². The second-order valence-corrected chi connectivity index (χ2v) is 5.99. The molecule has 0 heterocycles. The molecule has 5 nitrogen and oxygen atoms in total. The first-order valence-corrected chi connectivity index (χ1v) is 8.00. The van der Waals surface area contributed by atoms with E-state index in [9.17, 15) is 4.79 Å². The van der Waals surface area contributed by atoms with E-state index in [1.54, 1.807) is 12.1 Å². The standard InChI is InChI=1S/C19H25N3O2.2ClH/c1-22(2)11-12-24-18-9-5-16(6-10-18)14-21-19(23)13-15-3-7-17(20)8-4-15;;/h3-10H,11-14,20H2,1-2H3,(H,21,23);2*1H. The van der Waals surface area contributed by atoms with Gasteiger partial charge in [0.2, 0.25) is 5.91 Å². The average molecular weight is 400 g/mol. The average Bonchev–Trinajstić information content (AvgIpc) is 2.56. The number of hydrogen-bond acceptors (Lipinski definition) is 4. The Balaban J connectivity index is 0.00000312. The molecule has 0 saturated heterocycles. The summed E-state index contributed by atoms with van der Waals surface area (Å²) in [5, 5.41) is 2.92. The van der Waals surface area contributed by atoms with Crippen LogP contribution in [0.25, 0.3) is 0 Å². The van der Waals surface area contributed by atoms with E-state index in [2.05, 4.69) is 10.2 Å². The van der Waals surface area contributed by atoms with Gasteiger partial charge in [-0.15, -0.1) is 24.8 Å². The smallest absolute Gasteiger partial charge is 0.224 e. The van der Waals surface area contributed by atoms with Crippen LogP contribution in [0.5, 0.6) is 5.75 Å². The number of rotatable bonds is 8. The highest BCUT2D eigenvalue weighted by molar-refractivity contribution is 5.85. The fourth-order valence-electron chi connectivity index (χ4n) is 2.13. The summed E-state index contributed by atoms with van der Waals surface area (Å²) in [4.78, 5) is 14.0. The van der Waals surface area contributed by atoms with Crippen LogP contribution in [0.1, 0.15) is 11.1 Å². The lowest BCUT2D eigenvalue weighted by atomic mass is 10.1. The molecule has 0 atom stereocenters. The van der Waals surface area contributed by atoms with Crippen molar-refractivity contribution in [2.75, 3.05) is 33.0 Å². The minimum Gasteiger partial charge on any atom is -0.492 e. The van der Waals surface area contributed by atoms with E-state index in [4.69, 9.17) is 10.5 Å². The molecule has 0 aliphatic rings. The van der Waals surface area contributed by atoms with Crippen molar-refractivity contribution in [2.45, 2.75) is 13.0 Å². The number of amides is 1. The van der Waals surface area contributed by atoms with Gasteiger partial charge in [-0.2, -0.15) is 0 Å². The highest BCUT2D eigenvalue weighted by Gasteiger charge is 2.04. The van der Waals surface area contributed by atoms with Crippen LogP contribution in [0, 0.1) is 0 Å². The number of ether oxygens (including phenoxy) is 1. The second-order valence-electron chi connectivity index (χ2n) is 5.99. The maximum Gasteiger partial charge on any atom is 0.224 e. The summed E-state index contributed by atoms with van der Waals surface area (Å²) < 4.78 is 5.65. The van der Waals surface area contributed by atoms with Crippen molar-refractivity contribution in [3.63, 3.8) is 0 Å². The molecule has 7 heteroatoms. The third-order valence-corrected chi connectivity index (χ3v) is 3.56. The highest BCUT2D eigenvalue weighted by Crippen LogP contribution is 2.12. The number of nitrogens with zero attached hydrogens (tertiary/aromatic N) is 1. The van der Waals surface area contributed by atoms with E-state index >= 15 is 0 Å². The highest BCUT2D eigenvalue weighted by atomic mass is 35.5. The summed E-state index contributed by atoms with van der Waals surface area (Å²) >= 11 is 0. The Morgan fingerprint density at radius 1 is 1.00 bits per heavy atom. The van der Waals surface area contributed by atoms with Gasteiger partial charge in [0.25, 0.3) is 0 Å². The molecule has 0 saturated carbocycles. The van der Waals surface area contributed by atoms with E-state index in [1.807, 2.05) is 50.5 Å². The first-order chi connectivity index (χ1) is 11.5. The molecule has 0 aliphatic carbocycles. The van der Waals surface area contributed by atoms with Crippen LogP contribution in [0.2, 0.25) is 0 Å². The number of likely N-dealkylation sites (N-methyl/N-ethyl adjacent to an activating group) is 1. The molecule has 0 radical (unpaired) electrons. The first-order valence-electron chi connectivity index (χ1n) is 8.00. The van der Waals surface area contributed by atoms with Gasteiger partial charge in [0.15, 0.2) is 0 Å². The number of anilines is 1. The summed E-state index contributed by atoms with van der Waals surface area (Å²) in [5.41, 5.74) is 8.33. The van der Waals surface area contributed by atoms with Gasteiger partial charge >= 0.3 is 0 Å². The van der Waals surface area contributed by atoms with Crippen molar-refractivity contribution >= 4 is 36.4 Å². The number of halogens is 2. The van der Waals surface area contributed by atoms with Gasteiger partial charge in [-0.05, 0) is 49.5 Å². The molecule has 2 rings (SSSR count). The summed E-state index contributed by atoms with van der Waals surface area (Å²) in [6.45, 7) is 2.04. The topological polar surface area (TPSA) is 67.6 Å². The van der Waals surface area contributed by atoms with E-state index in [1.165, 1.54) is 0 Å². The molecule has 0 unspecified atom stereocenters. The summed E-state index contributed by atoms with van der Waals surface area (Å²) in [6, 6.07) is 15.1. The van der Waals surface area contributed by atoms with Gasteiger partial charge in [-0.3, -0.25) is 4.79 Å². The van der Waals surface area contributed by atoms with Gasteiger partial charge in [-0.1, -0.05) is 24.3 Å². The van der Waals surface area contributed by atoms with E-state index in [0.717, 1.165) is 23.4 Å². The monoisotopic (exact) mass is 399 g/mol. The molecule has 0 fully saturated rings. The third kappa shape index (κ3) is 8.94. The molecule has 2 aromatic carbocycles. The summed E-state index contributed by atoms with van der Waals surface area (Å²) in [7, 11) is 4.03. The molecule has 1 amide bonds. The zero-order chi connectivity index (χ0) is 17.4. The first kappa shape index (κ1) is 24.1. The third-order valence-electron chi connectivity index (χ3n) is 3.56. The lowest BCUT2D eigenvalue weighted by molar-refractivity contribution is -0.120. The van der Waals surface area contributed by atoms with E-state index < -0.39 is 0 Å². The largest absolute Gasteiger partial charge is 0.492 e. The van der Waals surface area contributed by atoms with Crippen LogP contribution in [0.3, 0.4) is 0 Å². The van der Waals surface area contributed by atoms with Crippen molar-refractivity contribution in [2.24, 2.45) is 0 Å². The number of nitrogen functional groups attached to an aromatic ring is 1. The van der Waals surface area contributed by atoms with Gasteiger partial charge in [0.1, 0.15) is 12.4 Å². The lowest BCUT2D eigenvalue weighted by Gasteiger charge is -2.11. The number of nitrogens with two attached hydrogens (primary N) is 1. The Bertz CT molecular complexity index is 647. The van der Waals surface area contributed by atoms with Gasteiger partial charge < -0.3 is 20.7 Å². The predicted molar refractivity (Wildman–Crippen MR) is 111 cm³/mol. The van der Waals surface area contributed by atoms with Gasteiger partial charge in [0.05, 0.1) is 6.42 Å². The lowest BCUT2D eigenvalue weighted by Crippen LogP contribution is -2.24. The number of carbonyl (C=O) groups excluding carboxylic acids is 1. The molecule has 0 aromatic heterocycles. The zero-order valence-corrected chi connectivity index (χ0v) is 16.7. The fourth-order valence-corrected chi connectivity index (χ4v) is 2.13. The van der Waals surface area contributed by atoms with Gasteiger partial charge in [-0.25, -0.2) is 0 Å². The molecule has 3 N–H and O–H groups in total. The Labute approximate surface area is 167 Å². The zero-order valence-electron chi connectivity index (χ0n) is 15.1. The normalized spacial score (nSPS) is 9.81. The molecule has 0 bridgehead atoms. The molecular weight excluding hydrogens is 373 g/mol. The Kier molecular flexibility index (Phi) is 11.5. The molecular formula is C19H27Cl2N3O2. The fraction of sp³-hybridized carbons (Fsp3) is 0.316. The molecule has 144 valence electrons. The predicted octanol–water partition coefficient (Wildman–Crippen LogP) is 2.91. The van der Waals surface area contributed by atoms with Crippen molar-refractivity contribution in [3.8, 4) is 5.75 Å². The summed E-state index contributed by atoms with van der Waals surface area (Å²) in [5.74, 6) is 0.833. The van der Waals surface area contributed by atoms with Crippen LogP contribution in [0.4, 0.5) is 5.69 Å². The quantitative estimate of drug-likeness (QED) is 0.669. The van der Waals surface area contributed by atoms with Crippen molar-refractivity contribution in [1.82, 2.24) is 10.2 Å². The Morgan fingerprint density at radius 2 is 1.58 bits per heavy atom. The summed E-state index contributed by atoms with van der Waals surface area (Å²) in [6.07, 6.45) is 0.353. The number of carbonyl (C=O) groups is 1. The van der Waals surface area contributed by atoms with Crippen LogP contribution in [-0.2, 0) is 17.8 Å². The van der Waals surface area contributed by atoms with Crippen molar-refractivity contribution < 1.29 is 9.53 Å². The van der Waals surface area contributed by atoms with E-state index in [0.29, 0.717) is 25.3 Å². The number of hydrogen-bond donors (Lipinski definition) is 2. The van der Waals surface area contributed by atoms with Crippen LogP contribution < -0.4 is 15.8 Å². The SMILES string of the molecule is CN(C)CCOc1ccc(CNC(=O)Cc2ccc(N)cc2)cc1.Cl.Cl. The van der Waals surface area contributed by atoms with Gasteiger partial charge in [0, 0.05) is 18.8 Å². The number of benzene rings is 2. The minimum atomic E-state index is -0.00826. The van der Waals surface area contributed by atoms with Crippen LogP contribution in [-0.4, -0.2) is 38.1 Å². The molecule has 0 aliphatic heterocycles.